The maximum absolute atomic E-state index is 13.6. The molecular formula is C19H13BrCl3NO6. The predicted molar refractivity (Wildman–Crippen MR) is 114 cm³/mol. The Labute approximate surface area is 194 Å². The van der Waals surface area contributed by atoms with Crippen molar-refractivity contribution in [1.82, 2.24) is 0 Å². The van der Waals surface area contributed by atoms with Crippen LogP contribution in [0.1, 0.15) is 16.8 Å². The van der Waals surface area contributed by atoms with Crippen molar-refractivity contribution in [2.24, 2.45) is 0 Å². The van der Waals surface area contributed by atoms with Gasteiger partial charge in [0.25, 0.3) is 11.6 Å². The van der Waals surface area contributed by atoms with Gasteiger partial charge in [0.05, 0.1) is 40.5 Å². The number of amides is 1. The molecule has 1 aliphatic rings. The number of benzene rings is 2. The molecule has 3 rings (SSSR count). The average Bonchev–Trinajstić information content (AvgIpc) is 2.71. The third-order valence-corrected chi connectivity index (χ3v) is 5.88. The molecule has 1 heterocycles. The van der Waals surface area contributed by atoms with E-state index in [1.165, 1.54) is 24.3 Å². The molecule has 158 valence electrons. The molecule has 0 fully saturated rings. The Hall–Kier alpha value is -2.00. The second kappa shape index (κ2) is 8.63. The molecule has 30 heavy (non-hydrogen) atoms. The Balaban J connectivity index is 2.34. The highest BCUT2D eigenvalue weighted by Gasteiger charge is 2.57. The molecule has 0 spiro atoms. The van der Waals surface area contributed by atoms with Gasteiger partial charge in [-0.1, -0.05) is 50.7 Å². The van der Waals surface area contributed by atoms with E-state index in [0.717, 1.165) is 19.1 Å². The van der Waals surface area contributed by atoms with E-state index in [4.69, 9.17) is 49.0 Å². The summed E-state index contributed by atoms with van der Waals surface area (Å²) in [5.74, 6) is -2.44. The van der Waals surface area contributed by atoms with Gasteiger partial charge in [0.1, 0.15) is 12.2 Å². The van der Waals surface area contributed by atoms with E-state index >= 15 is 0 Å². The molecule has 0 aliphatic carbocycles. The number of methoxy groups -OCH3 is 2. The van der Waals surface area contributed by atoms with Gasteiger partial charge in [0, 0.05) is 4.47 Å². The lowest BCUT2D eigenvalue weighted by molar-refractivity contribution is -0.166. The number of carbonyl (C=O) groups is 3. The Morgan fingerprint density at radius 2 is 1.73 bits per heavy atom. The first-order valence-electron chi connectivity index (χ1n) is 8.27. The van der Waals surface area contributed by atoms with Crippen LogP contribution in [0.5, 0.6) is 5.75 Å². The van der Waals surface area contributed by atoms with Gasteiger partial charge in [0.2, 0.25) is 0 Å². The van der Waals surface area contributed by atoms with Crippen molar-refractivity contribution in [2.45, 2.75) is 12.1 Å². The van der Waals surface area contributed by atoms with Crippen molar-refractivity contribution >= 4 is 74.3 Å². The first-order valence-corrected chi connectivity index (χ1v) is 10.2. The van der Waals surface area contributed by atoms with E-state index in [0.29, 0.717) is 4.47 Å². The molecule has 0 N–H and O–H groups in total. The number of halogens is 4. The van der Waals surface area contributed by atoms with E-state index in [9.17, 15) is 14.4 Å². The monoisotopic (exact) mass is 535 g/mol. The summed E-state index contributed by atoms with van der Waals surface area (Å²) in [6.45, 7) is 0. The van der Waals surface area contributed by atoms with E-state index in [1.54, 1.807) is 6.07 Å². The largest absolute Gasteiger partial charge is 0.469 e. The normalized spacial score (nSPS) is 17.8. The molecule has 7 nitrogen and oxygen atoms in total. The van der Waals surface area contributed by atoms with Crippen molar-refractivity contribution in [2.75, 3.05) is 19.1 Å². The molecule has 0 aromatic heterocycles. The fourth-order valence-electron chi connectivity index (χ4n) is 3.01. The molecule has 0 saturated heterocycles. The highest BCUT2D eigenvalue weighted by molar-refractivity contribution is 9.10. The van der Waals surface area contributed by atoms with Crippen molar-refractivity contribution in [3.05, 3.63) is 55.4 Å². The maximum atomic E-state index is 13.6. The van der Waals surface area contributed by atoms with Gasteiger partial charge in [-0.05, 0) is 30.3 Å². The number of nitrogens with zero attached hydrogens (tertiary/aromatic N) is 1. The number of anilines is 1. The fraction of sp³-hybridized carbons (Fsp3) is 0.211. The topological polar surface area (TPSA) is 82.1 Å². The minimum atomic E-state index is -2.24. The predicted octanol–water partition coefficient (Wildman–Crippen LogP) is 4.88. The van der Waals surface area contributed by atoms with Crippen LogP contribution in [-0.2, 0) is 19.1 Å². The summed E-state index contributed by atoms with van der Waals surface area (Å²) in [5.41, 5.74) is -2.12. The third kappa shape index (κ3) is 3.85. The second-order valence-electron chi connectivity index (χ2n) is 6.13. The van der Waals surface area contributed by atoms with Crippen molar-refractivity contribution in [1.29, 1.82) is 0 Å². The number of fused-ring (bicyclic) bond motifs is 1. The van der Waals surface area contributed by atoms with E-state index in [-0.39, 0.29) is 32.1 Å². The van der Waals surface area contributed by atoms with Gasteiger partial charge in [-0.25, -0.2) is 4.79 Å². The number of rotatable bonds is 4. The smallest absolute Gasteiger partial charge is 0.373 e. The standard InChI is InChI=1S/C19H13BrCl3NO6/c1-28-16(25)8-19(18(27)29-2)24(14-7-12(22)11(21)6-13(14)23)17(26)10-5-9(20)3-4-15(10)30-19/h3-7H,8H2,1-2H3/t19-/m0/s1. The Morgan fingerprint density at radius 1 is 1.07 bits per heavy atom. The number of carbonyl (C=O) groups excluding carboxylic acids is 3. The van der Waals surface area contributed by atoms with Crippen LogP contribution in [0.3, 0.4) is 0 Å². The molecular weight excluding hydrogens is 524 g/mol. The summed E-state index contributed by atoms with van der Waals surface area (Å²) in [6, 6.07) is 7.22. The third-order valence-electron chi connectivity index (χ3n) is 4.36. The zero-order valence-electron chi connectivity index (χ0n) is 15.5. The van der Waals surface area contributed by atoms with Gasteiger partial charge in [-0.15, -0.1) is 0 Å². The lowest BCUT2D eigenvalue weighted by Crippen LogP contribution is -2.65. The number of esters is 2. The molecule has 1 aliphatic heterocycles. The molecule has 2 aromatic carbocycles. The van der Waals surface area contributed by atoms with Gasteiger partial charge in [0.15, 0.2) is 0 Å². The van der Waals surface area contributed by atoms with Crippen LogP contribution in [0, 0.1) is 0 Å². The van der Waals surface area contributed by atoms with Crippen molar-refractivity contribution < 1.29 is 28.6 Å². The second-order valence-corrected chi connectivity index (χ2v) is 8.27. The first kappa shape index (κ1) is 22.7. The molecule has 0 unspecified atom stereocenters. The van der Waals surface area contributed by atoms with Crippen LogP contribution in [0.25, 0.3) is 0 Å². The summed E-state index contributed by atoms with van der Waals surface area (Å²) in [6.07, 6.45) is -0.673. The SMILES string of the molecule is COC(=O)C[C@@]1(C(=O)OC)Oc2ccc(Br)cc2C(=O)N1c1cc(Cl)c(Cl)cc1Cl. The summed E-state index contributed by atoms with van der Waals surface area (Å²) in [4.78, 5) is 39.7. The Morgan fingerprint density at radius 3 is 2.37 bits per heavy atom. The first-order chi connectivity index (χ1) is 14.1. The minimum absolute atomic E-state index is 0.00191. The lowest BCUT2D eigenvalue weighted by atomic mass is 9.99. The zero-order chi connectivity index (χ0) is 22.2. The molecule has 0 saturated carbocycles. The average molecular weight is 538 g/mol. The minimum Gasteiger partial charge on any atom is -0.469 e. The highest BCUT2D eigenvalue weighted by Crippen LogP contribution is 2.44. The van der Waals surface area contributed by atoms with Gasteiger partial charge in [-0.2, -0.15) is 0 Å². The Bertz CT molecular complexity index is 1060. The van der Waals surface area contributed by atoms with Crippen LogP contribution < -0.4 is 9.64 Å². The molecule has 1 amide bonds. The van der Waals surface area contributed by atoms with E-state index in [1.807, 2.05) is 0 Å². The summed E-state index contributed by atoms with van der Waals surface area (Å²) in [7, 11) is 2.24. The van der Waals surface area contributed by atoms with Gasteiger partial charge in [-0.3, -0.25) is 14.5 Å². The van der Waals surface area contributed by atoms with E-state index < -0.39 is 30.0 Å². The lowest BCUT2D eigenvalue weighted by Gasteiger charge is -2.44. The van der Waals surface area contributed by atoms with Crippen LogP contribution in [0.2, 0.25) is 15.1 Å². The number of hydrogen-bond donors (Lipinski definition) is 0. The van der Waals surface area contributed by atoms with Gasteiger partial charge >= 0.3 is 11.9 Å². The zero-order valence-corrected chi connectivity index (χ0v) is 19.4. The number of hydrogen-bond acceptors (Lipinski definition) is 6. The molecule has 1 atom stereocenters. The summed E-state index contributed by atoms with van der Waals surface area (Å²) < 4.78 is 16.1. The highest BCUT2D eigenvalue weighted by atomic mass is 79.9. The molecule has 0 bridgehead atoms. The fourth-order valence-corrected chi connectivity index (χ4v) is 3.99. The summed E-state index contributed by atoms with van der Waals surface area (Å²) in [5, 5.41) is 0.203. The van der Waals surface area contributed by atoms with E-state index in [2.05, 4.69) is 15.9 Å². The Kier molecular flexibility index (Phi) is 6.52. The summed E-state index contributed by atoms with van der Waals surface area (Å²) >= 11 is 21.8. The maximum Gasteiger partial charge on any atom is 0.373 e. The van der Waals surface area contributed by atoms with Crippen LogP contribution >= 0.6 is 50.7 Å². The number of ether oxygens (including phenoxy) is 3. The van der Waals surface area contributed by atoms with Crippen LogP contribution in [0.15, 0.2) is 34.8 Å². The quantitative estimate of drug-likeness (QED) is 0.409. The van der Waals surface area contributed by atoms with Crippen LogP contribution in [-0.4, -0.2) is 37.8 Å². The molecule has 2 aromatic rings. The van der Waals surface area contributed by atoms with Gasteiger partial charge < -0.3 is 14.2 Å². The van der Waals surface area contributed by atoms with Crippen molar-refractivity contribution in [3.63, 3.8) is 0 Å². The van der Waals surface area contributed by atoms with Crippen molar-refractivity contribution in [3.8, 4) is 5.75 Å². The molecule has 11 heteroatoms. The molecule has 0 radical (unpaired) electrons. The van der Waals surface area contributed by atoms with Crippen LogP contribution in [0.4, 0.5) is 5.69 Å².